The molecule has 0 fully saturated rings. The van der Waals surface area contributed by atoms with Crippen LogP contribution in [0.1, 0.15) is 5.56 Å². The smallest absolute Gasteiger partial charge is 0.328 e. The molecular formula is C20H15F2NO3. The Kier molecular flexibility index (Phi) is 4.93. The first-order valence-electron chi connectivity index (χ1n) is 7.91. The lowest BCUT2D eigenvalue weighted by Gasteiger charge is -2.17. The zero-order chi connectivity index (χ0) is 18.7. The van der Waals surface area contributed by atoms with E-state index in [1.807, 2.05) is 0 Å². The molecule has 1 heterocycles. The van der Waals surface area contributed by atoms with E-state index in [0.717, 1.165) is 6.08 Å². The summed E-state index contributed by atoms with van der Waals surface area (Å²) in [5.74, 6) is -1.60. The molecule has 0 bridgehead atoms. The number of hydrogen-bond acceptors (Lipinski definition) is 2. The van der Waals surface area contributed by atoms with Crippen LogP contribution < -0.4 is 5.56 Å². The van der Waals surface area contributed by atoms with Crippen LogP contribution in [0.4, 0.5) is 8.78 Å². The molecule has 3 rings (SSSR count). The van der Waals surface area contributed by atoms with Gasteiger partial charge in [0.05, 0.1) is 12.2 Å². The highest BCUT2D eigenvalue weighted by Crippen LogP contribution is 2.30. The molecular weight excluding hydrogens is 340 g/mol. The second-order valence-corrected chi connectivity index (χ2v) is 5.63. The van der Waals surface area contributed by atoms with Crippen molar-refractivity contribution in [1.29, 1.82) is 0 Å². The maximum absolute atomic E-state index is 13.3. The molecule has 0 aliphatic carbocycles. The molecule has 0 aliphatic rings. The summed E-state index contributed by atoms with van der Waals surface area (Å²) in [6.45, 7) is -0.960. The number of carbonyl (C=O) groups is 1. The van der Waals surface area contributed by atoms with Gasteiger partial charge in [-0.1, -0.05) is 18.2 Å². The van der Waals surface area contributed by atoms with Crippen molar-refractivity contribution in [3.8, 4) is 11.3 Å². The minimum absolute atomic E-state index is 0.190. The average Bonchev–Trinajstić information content (AvgIpc) is 2.63. The van der Waals surface area contributed by atoms with Crippen LogP contribution in [0.3, 0.4) is 0 Å². The molecule has 0 unspecified atom stereocenters. The summed E-state index contributed by atoms with van der Waals surface area (Å²) in [7, 11) is 0. The van der Waals surface area contributed by atoms with Crippen LogP contribution in [0.25, 0.3) is 28.1 Å². The fourth-order valence-corrected chi connectivity index (χ4v) is 2.96. The Labute approximate surface area is 147 Å². The summed E-state index contributed by atoms with van der Waals surface area (Å²) in [6, 6.07) is 12.2. The molecule has 1 aromatic heterocycles. The van der Waals surface area contributed by atoms with Gasteiger partial charge in [0.2, 0.25) is 0 Å². The van der Waals surface area contributed by atoms with Crippen molar-refractivity contribution in [1.82, 2.24) is 4.57 Å². The Morgan fingerprint density at radius 1 is 1.08 bits per heavy atom. The summed E-state index contributed by atoms with van der Waals surface area (Å²) in [4.78, 5) is 23.9. The van der Waals surface area contributed by atoms with Gasteiger partial charge in [-0.2, -0.15) is 0 Å². The SMILES string of the molecule is O=C(O)C=Cc1c(-c2ccc(F)cc2)n(CCF)c(=O)c2ccccc12. The number of fused-ring (bicyclic) bond motifs is 1. The van der Waals surface area contributed by atoms with E-state index in [0.29, 0.717) is 27.6 Å². The first kappa shape index (κ1) is 17.5. The van der Waals surface area contributed by atoms with Crippen LogP contribution >= 0.6 is 0 Å². The quantitative estimate of drug-likeness (QED) is 0.707. The van der Waals surface area contributed by atoms with E-state index >= 15 is 0 Å². The summed E-state index contributed by atoms with van der Waals surface area (Å²) >= 11 is 0. The minimum Gasteiger partial charge on any atom is -0.478 e. The van der Waals surface area contributed by atoms with Crippen molar-refractivity contribution in [2.24, 2.45) is 0 Å². The number of hydrogen-bond donors (Lipinski definition) is 1. The summed E-state index contributed by atoms with van der Waals surface area (Å²) < 4.78 is 27.7. The van der Waals surface area contributed by atoms with Gasteiger partial charge >= 0.3 is 5.97 Å². The lowest BCUT2D eigenvalue weighted by Crippen LogP contribution is -2.24. The highest BCUT2D eigenvalue weighted by molar-refractivity contribution is 5.98. The Morgan fingerprint density at radius 3 is 2.35 bits per heavy atom. The monoisotopic (exact) mass is 355 g/mol. The van der Waals surface area contributed by atoms with E-state index < -0.39 is 18.5 Å². The summed E-state index contributed by atoms with van der Waals surface area (Å²) in [6.07, 6.45) is 2.33. The fourth-order valence-electron chi connectivity index (χ4n) is 2.96. The van der Waals surface area contributed by atoms with Crippen molar-refractivity contribution >= 4 is 22.8 Å². The highest BCUT2D eigenvalue weighted by atomic mass is 19.1. The molecule has 0 spiro atoms. The predicted octanol–water partition coefficient (Wildman–Crippen LogP) is 3.87. The predicted molar refractivity (Wildman–Crippen MR) is 96.2 cm³/mol. The number of carboxylic acids is 1. The molecule has 4 nitrogen and oxygen atoms in total. The second kappa shape index (κ2) is 7.31. The van der Waals surface area contributed by atoms with E-state index in [4.69, 9.17) is 5.11 Å². The molecule has 132 valence electrons. The molecule has 0 atom stereocenters. The molecule has 1 N–H and O–H groups in total. The fraction of sp³-hybridized carbons (Fsp3) is 0.100. The van der Waals surface area contributed by atoms with Crippen molar-refractivity contribution in [2.75, 3.05) is 6.67 Å². The van der Waals surface area contributed by atoms with Crippen LogP contribution in [-0.4, -0.2) is 22.3 Å². The Morgan fingerprint density at radius 2 is 1.73 bits per heavy atom. The molecule has 0 aliphatic heterocycles. The van der Waals surface area contributed by atoms with Crippen molar-refractivity contribution in [3.63, 3.8) is 0 Å². The minimum atomic E-state index is -1.15. The van der Waals surface area contributed by atoms with Crippen LogP contribution in [0.2, 0.25) is 0 Å². The molecule has 26 heavy (non-hydrogen) atoms. The number of benzene rings is 2. The number of aliphatic carboxylic acids is 1. The number of rotatable bonds is 5. The topological polar surface area (TPSA) is 59.3 Å². The van der Waals surface area contributed by atoms with Gasteiger partial charge in [-0.05, 0) is 47.4 Å². The molecule has 0 radical (unpaired) electrons. The van der Waals surface area contributed by atoms with E-state index in [2.05, 4.69) is 0 Å². The maximum atomic E-state index is 13.3. The van der Waals surface area contributed by atoms with Gasteiger partial charge in [-0.15, -0.1) is 0 Å². The zero-order valence-electron chi connectivity index (χ0n) is 13.7. The number of carboxylic acid groups (broad SMARTS) is 1. The summed E-state index contributed by atoms with van der Waals surface area (Å²) in [5.41, 5.74) is 0.921. The Bertz CT molecular complexity index is 1050. The van der Waals surface area contributed by atoms with Crippen LogP contribution in [0, 0.1) is 5.82 Å². The molecule has 0 saturated heterocycles. The average molecular weight is 355 g/mol. The molecule has 6 heteroatoms. The van der Waals surface area contributed by atoms with Gasteiger partial charge in [0.25, 0.3) is 5.56 Å². The lowest BCUT2D eigenvalue weighted by atomic mass is 9.98. The van der Waals surface area contributed by atoms with Gasteiger partial charge in [-0.3, -0.25) is 4.79 Å². The molecule has 0 amide bonds. The maximum Gasteiger partial charge on any atom is 0.328 e. The standard InChI is InChI=1S/C20H15F2NO3/c21-11-12-23-19(13-5-7-14(22)8-6-13)16(9-10-18(24)25)15-3-1-2-4-17(15)20(23)26/h1-10H,11-12H2,(H,24,25). The Hall–Kier alpha value is -3.28. The van der Waals surface area contributed by atoms with E-state index in [-0.39, 0.29) is 12.1 Å². The van der Waals surface area contributed by atoms with Crippen molar-refractivity contribution in [3.05, 3.63) is 76.3 Å². The van der Waals surface area contributed by atoms with Gasteiger partial charge in [-0.25, -0.2) is 13.6 Å². The first-order valence-corrected chi connectivity index (χ1v) is 7.91. The normalized spacial score (nSPS) is 11.3. The number of nitrogens with zero attached hydrogens (tertiary/aromatic N) is 1. The molecule has 0 saturated carbocycles. The number of alkyl halides is 1. The first-order chi connectivity index (χ1) is 12.5. The number of halogens is 2. The van der Waals surface area contributed by atoms with Crippen molar-refractivity contribution in [2.45, 2.75) is 6.54 Å². The van der Waals surface area contributed by atoms with Crippen LogP contribution in [-0.2, 0) is 11.3 Å². The van der Waals surface area contributed by atoms with Crippen LogP contribution in [0.15, 0.2) is 59.4 Å². The van der Waals surface area contributed by atoms with E-state index in [9.17, 15) is 18.4 Å². The van der Waals surface area contributed by atoms with E-state index in [1.165, 1.54) is 34.9 Å². The molecule has 3 aromatic rings. The number of pyridine rings is 1. The Balaban J connectivity index is 2.46. The van der Waals surface area contributed by atoms with Gasteiger partial charge in [0.1, 0.15) is 12.5 Å². The van der Waals surface area contributed by atoms with Crippen LogP contribution in [0.5, 0.6) is 0 Å². The third-order valence-electron chi connectivity index (χ3n) is 4.04. The summed E-state index contributed by atoms with van der Waals surface area (Å²) in [5, 5.41) is 9.91. The second-order valence-electron chi connectivity index (χ2n) is 5.63. The van der Waals surface area contributed by atoms with Gasteiger partial charge in [0, 0.05) is 17.0 Å². The van der Waals surface area contributed by atoms with Gasteiger partial charge < -0.3 is 9.67 Å². The van der Waals surface area contributed by atoms with Gasteiger partial charge in [0.15, 0.2) is 0 Å². The van der Waals surface area contributed by atoms with E-state index in [1.54, 1.807) is 24.3 Å². The largest absolute Gasteiger partial charge is 0.478 e. The lowest BCUT2D eigenvalue weighted by molar-refractivity contribution is -0.131. The van der Waals surface area contributed by atoms with Crippen molar-refractivity contribution < 1.29 is 18.7 Å². The number of aromatic nitrogens is 1. The highest BCUT2D eigenvalue weighted by Gasteiger charge is 2.17. The molecule has 2 aromatic carbocycles. The third-order valence-corrected chi connectivity index (χ3v) is 4.04. The zero-order valence-corrected chi connectivity index (χ0v) is 13.7. The third kappa shape index (κ3) is 3.26.